The van der Waals surface area contributed by atoms with Crippen LogP contribution in [0.5, 0.6) is 5.75 Å². The number of nitrogens with zero attached hydrogens (tertiary/aromatic N) is 1. The Morgan fingerprint density at radius 2 is 1.96 bits per heavy atom. The molecule has 0 aliphatic carbocycles. The molecule has 1 saturated heterocycles. The third-order valence-corrected chi connectivity index (χ3v) is 4.03. The summed E-state index contributed by atoms with van der Waals surface area (Å²) in [7, 11) is 0. The number of benzene rings is 1. The van der Waals surface area contributed by atoms with Crippen LogP contribution in [0, 0.1) is 0 Å². The molecular formula is C18H22F2N2O5. The van der Waals surface area contributed by atoms with Gasteiger partial charge in [-0.15, -0.1) is 0 Å². The molecule has 0 bridgehead atoms. The van der Waals surface area contributed by atoms with Crippen LogP contribution >= 0.6 is 0 Å². The second-order valence-corrected chi connectivity index (χ2v) is 6.12. The number of nitrogens with one attached hydrogen (secondary N) is 1. The van der Waals surface area contributed by atoms with Crippen molar-refractivity contribution < 1.29 is 32.6 Å². The van der Waals surface area contributed by atoms with Gasteiger partial charge in [0.25, 0.3) is 5.91 Å². The lowest BCUT2D eigenvalue weighted by Crippen LogP contribution is -2.38. The highest BCUT2D eigenvalue weighted by Gasteiger charge is 2.24. The van der Waals surface area contributed by atoms with Crippen LogP contribution in [-0.2, 0) is 19.1 Å². The van der Waals surface area contributed by atoms with E-state index in [2.05, 4.69) is 10.1 Å². The average Bonchev–Trinajstić information content (AvgIpc) is 2.80. The summed E-state index contributed by atoms with van der Waals surface area (Å²) < 4.78 is 34.2. The Kier molecular flexibility index (Phi) is 7.51. The number of amides is 2. The van der Waals surface area contributed by atoms with Crippen molar-refractivity contribution in [1.29, 1.82) is 0 Å². The van der Waals surface area contributed by atoms with Gasteiger partial charge < -0.3 is 19.7 Å². The third-order valence-electron chi connectivity index (χ3n) is 4.03. The molecule has 2 rings (SSSR count). The Hall–Kier alpha value is -2.71. The second-order valence-electron chi connectivity index (χ2n) is 6.12. The fourth-order valence-electron chi connectivity index (χ4n) is 2.65. The van der Waals surface area contributed by atoms with E-state index in [1.165, 1.54) is 36.1 Å². The van der Waals surface area contributed by atoms with Crippen LogP contribution in [0.1, 0.15) is 32.6 Å². The van der Waals surface area contributed by atoms with Gasteiger partial charge in [0.2, 0.25) is 5.91 Å². The molecule has 0 saturated carbocycles. The van der Waals surface area contributed by atoms with Crippen molar-refractivity contribution in [2.75, 3.05) is 18.4 Å². The normalized spacial score (nSPS) is 15.9. The number of hydrogen-bond donors (Lipinski definition) is 1. The Morgan fingerprint density at radius 1 is 1.22 bits per heavy atom. The highest BCUT2D eigenvalue weighted by molar-refractivity contribution is 5.96. The molecule has 1 atom stereocenters. The van der Waals surface area contributed by atoms with Gasteiger partial charge in [0.15, 0.2) is 6.10 Å². The number of para-hydroxylation sites is 2. The fourth-order valence-corrected chi connectivity index (χ4v) is 2.65. The molecule has 1 fully saturated rings. The van der Waals surface area contributed by atoms with Gasteiger partial charge in [-0.1, -0.05) is 18.6 Å². The summed E-state index contributed by atoms with van der Waals surface area (Å²) in [5.41, 5.74) is 0.0356. The number of alkyl halides is 2. The Labute approximate surface area is 155 Å². The van der Waals surface area contributed by atoms with Crippen LogP contribution in [0.3, 0.4) is 0 Å². The molecule has 7 nitrogen and oxygen atoms in total. The van der Waals surface area contributed by atoms with Crippen molar-refractivity contribution in [2.24, 2.45) is 0 Å². The van der Waals surface area contributed by atoms with Gasteiger partial charge >= 0.3 is 12.6 Å². The lowest BCUT2D eigenvalue weighted by molar-refractivity contribution is -0.156. The number of carbonyl (C=O) groups is 3. The minimum Gasteiger partial charge on any atom is -0.451 e. The van der Waals surface area contributed by atoms with Gasteiger partial charge in [0, 0.05) is 13.0 Å². The largest absolute Gasteiger partial charge is 0.451 e. The van der Waals surface area contributed by atoms with Crippen LogP contribution in [-0.4, -0.2) is 48.5 Å². The van der Waals surface area contributed by atoms with Crippen LogP contribution in [0.4, 0.5) is 14.5 Å². The zero-order valence-corrected chi connectivity index (χ0v) is 15.0. The van der Waals surface area contributed by atoms with E-state index in [9.17, 15) is 23.2 Å². The molecule has 148 valence electrons. The number of likely N-dealkylation sites (tertiary alicyclic amines) is 1. The topological polar surface area (TPSA) is 84.9 Å². The number of anilines is 1. The van der Waals surface area contributed by atoms with Crippen molar-refractivity contribution in [3.05, 3.63) is 24.3 Å². The predicted molar refractivity (Wildman–Crippen MR) is 92.3 cm³/mol. The van der Waals surface area contributed by atoms with E-state index in [1.54, 1.807) is 0 Å². The average molecular weight is 384 g/mol. The van der Waals surface area contributed by atoms with Crippen LogP contribution in [0.15, 0.2) is 24.3 Å². The number of halogens is 2. The van der Waals surface area contributed by atoms with E-state index in [1.807, 2.05) is 0 Å². The number of hydrogen-bond acceptors (Lipinski definition) is 5. The van der Waals surface area contributed by atoms with Gasteiger partial charge in [-0.05, 0) is 31.9 Å². The molecule has 27 heavy (non-hydrogen) atoms. The Balaban J connectivity index is 1.90. The van der Waals surface area contributed by atoms with Gasteiger partial charge in [-0.3, -0.25) is 14.4 Å². The molecule has 0 aromatic heterocycles. The quantitative estimate of drug-likeness (QED) is 0.731. The summed E-state index contributed by atoms with van der Waals surface area (Å²) in [6.07, 6.45) is 1.76. The van der Waals surface area contributed by atoms with E-state index in [-0.39, 0.29) is 23.9 Å². The predicted octanol–water partition coefficient (Wildman–Crippen LogP) is 2.56. The molecule has 1 aliphatic heterocycles. The van der Waals surface area contributed by atoms with Crippen molar-refractivity contribution in [3.8, 4) is 5.75 Å². The highest BCUT2D eigenvalue weighted by Crippen LogP contribution is 2.25. The summed E-state index contributed by atoms with van der Waals surface area (Å²) in [5.74, 6) is -1.71. The van der Waals surface area contributed by atoms with E-state index < -0.39 is 24.6 Å². The first-order valence-electron chi connectivity index (χ1n) is 8.69. The fraction of sp³-hybridized carbons (Fsp3) is 0.500. The van der Waals surface area contributed by atoms with Crippen LogP contribution in [0.25, 0.3) is 0 Å². The standard InChI is InChI=1S/C18H22F2N2O5/c1-12(26-16(24)11-22-10-6-2-3-9-15(22)23)17(25)21-13-7-4-5-8-14(13)27-18(19)20/h4-5,7-8,12,18H,2-3,6,9-11H2,1H3,(H,21,25)/t12-/m1/s1. The first-order valence-corrected chi connectivity index (χ1v) is 8.69. The molecule has 1 aliphatic rings. The SMILES string of the molecule is C[C@@H](OC(=O)CN1CCCCCC1=O)C(=O)Nc1ccccc1OC(F)F. The van der Waals surface area contributed by atoms with E-state index in [0.717, 1.165) is 19.3 Å². The summed E-state index contributed by atoms with van der Waals surface area (Å²) in [5, 5.41) is 2.39. The van der Waals surface area contributed by atoms with Gasteiger partial charge in [-0.2, -0.15) is 8.78 Å². The van der Waals surface area contributed by atoms with Gasteiger partial charge in [0.05, 0.1) is 5.69 Å². The van der Waals surface area contributed by atoms with Crippen molar-refractivity contribution >= 4 is 23.5 Å². The minimum absolute atomic E-state index is 0.0356. The summed E-state index contributed by atoms with van der Waals surface area (Å²) in [6.45, 7) is -1.42. The number of rotatable bonds is 7. The molecule has 0 radical (unpaired) electrons. The maximum absolute atomic E-state index is 12.4. The maximum Gasteiger partial charge on any atom is 0.387 e. The summed E-state index contributed by atoms with van der Waals surface area (Å²) in [4.78, 5) is 37.5. The van der Waals surface area contributed by atoms with Crippen molar-refractivity contribution in [1.82, 2.24) is 4.90 Å². The van der Waals surface area contributed by atoms with Crippen LogP contribution in [0.2, 0.25) is 0 Å². The zero-order chi connectivity index (χ0) is 19.8. The lowest BCUT2D eigenvalue weighted by Gasteiger charge is -2.21. The molecule has 0 spiro atoms. The molecule has 1 heterocycles. The maximum atomic E-state index is 12.4. The number of carbonyl (C=O) groups excluding carboxylic acids is 3. The number of esters is 1. The number of ether oxygens (including phenoxy) is 2. The monoisotopic (exact) mass is 384 g/mol. The Morgan fingerprint density at radius 3 is 2.70 bits per heavy atom. The van der Waals surface area contributed by atoms with Crippen LogP contribution < -0.4 is 10.1 Å². The lowest BCUT2D eigenvalue weighted by atomic mass is 10.2. The second kappa shape index (κ2) is 9.84. The third kappa shape index (κ3) is 6.50. The van der Waals surface area contributed by atoms with Crippen molar-refractivity contribution in [3.63, 3.8) is 0 Å². The summed E-state index contributed by atoms with van der Waals surface area (Å²) in [6, 6.07) is 5.69. The molecule has 9 heteroatoms. The smallest absolute Gasteiger partial charge is 0.387 e. The van der Waals surface area contributed by atoms with E-state index in [0.29, 0.717) is 13.0 Å². The van der Waals surface area contributed by atoms with Crippen molar-refractivity contribution in [2.45, 2.75) is 45.3 Å². The molecule has 2 amide bonds. The van der Waals surface area contributed by atoms with Gasteiger partial charge in [-0.25, -0.2) is 0 Å². The van der Waals surface area contributed by atoms with E-state index in [4.69, 9.17) is 4.74 Å². The van der Waals surface area contributed by atoms with E-state index >= 15 is 0 Å². The molecule has 0 unspecified atom stereocenters. The first kappa shape index (κ1) is 20.6. The Bertz CT molecular complexity index is 683. The highest BCUT2D eigenvalue weighted by atomic mass is 19.3. The minimum atomic E-state index is -3.04. The molecule has 1 aromatic rings. The molecule has 1 aromatic carbocycles. The molecule has 1 N–H and O–H groups in total. The van der Waals surface area contributed by atoms with Gasteiger partial charge in [0.1, 0.15) is 12.3 Å². The zero-order valence-electron chi connectivity index (χ0n) is 15.0. The molecular weight excluding hydrogens is 362 g/mol. The summed E-state index contributed by atoms with van der Waals surface area (Å²) >= 11 is 0. The first-order chi connectivity index (χ1) is 12.9.